The molecule has 0 saturated heterocycles. The maximum absolute atomic E-state index is 5.76. The molecule has 1 aromatic rings. The van der Waals surface area contributed by atoms with Crippen molar-refractivity contribution in [3.05, 3.63) is 11.8 Å². The number of aryl methyl sites for hydroxylation is 1. The third kappa shape index (κ3) is 4.13. The smallest absolute Gasteiger partial charge is 0.257 e. The van der Waals surface area contributed by atoms with Crippen LogP contribution in [0, 0.1) is 12.8 Å². The largest absolute Gasteiger partial charge is 0.491 e. The van der Waals surface area contributed by atoms with E-state index in [1.807, 2.05) is 6.92 Å². The second-order valence-corrected chi connectivity index (χ2v) is 4.55. The van der Waals surface area contributed by atoms with E-state index in [-0.39, 0.29) is 0 Å². The quantitative estimate of drug-likeness (QED) is 0.774. The molecule has 4 heteroatoms. The first-order valence-corrected chi connectivity index (χ1v) is 5.98. The molecule has 0 fully saturated rings. The van der Waals surface area contributed by atoms with Crippen molar-refractivity contribution >= 4 is 5.69 Å². The molecule has 0 spiro atoms. The van der Waals surface area contributed by atoms with Crippen molar-refractivity contribution < 1.29 is 9.47 Å². The average molecular weight is 238 g/mol. The number of nitrogens with zero attached hydrogens (tertiary/aromatic N) is 1. The lowest BCUT2D eigenvalue weighted by molar-refractivity contribution is 0.268. The Morgan fingerprint density at radius 1 is 1.41 bits per heavy atom. The predicted molar refractivity (Wildman–Crippen MR) is 69.5 cm³/mol. The molecule has 0 atom stereocenters. The molecule has 1 heterocycles. The van der Waals surface area contributed by atoms with Gasteiger partial charge in [-0.2, -0.15) is 0 Å². The molecule has 0 aliphatic rings. The molecule has 0 aliphatic carbocycles. The summed E-state index contributed by atoms with van der Waals surface area (Å²) in [5.74, 6) is 1.82. The van der Waals surface area contributed by atoms with Gasteiger partial charge in [0.2, 0.25) is 0 Å². The van der Waals surface area contributed by atoms with E-state index < -0.39 is 0 Å². The van der Waals surface area contributed by atoms with Gasteiger partial charge < -0.3 is 15.2 Å². The van der Waals surface area contributed by atoms with E-state index in [4.69, 9.17) is 15.2 Å². The van der Waals surface area contributed by atoms with Gasteiger partial charge in [-0.05, 0) is 25.7 Å². The lowest BCUT2D eigenvalue weighted by Gasteiger charge is -2.12. The van der Waals surface area contributed by atoms with Gasteiger partial charge in [0.05, 0.1) is 25.1 Å². The van der Waals surface area contributed by atoms with Crippen molar-refractivity contribution in [2.75, 3.05) is 19.5 Å². The summed E-state index contributed by atoms with van der Waals surface area (Å²) in [5, 5.41) is 0. The Bertz CT molecular complexity index is 365. The van der Waals surface area contributed by atoms with Crippen LogP contribution in [0.25, 0.3) is 0 Å². The summed E-state index contributed by atoms with van der Waals surface area (Å²) in [6, 6.07) is 1.75. The summed E-state index contributed by atoms with van der Waals surface area (Å²) in [7, 11) is 1.59. The highest BCUT2D eigenvalue weighted by molar-refractivity contribution is 5.51. The summed E-state index contributed by atoms with van der Waals surface area (Å²) in [5.41, 5.74) is 7.15. The molecule has 1 aromatic heterocycles. The predicted octanol–water partition coefficient (Wildman–Crippen LogP) is 2.80. The number of pyridine rings is 1. The molecule has 0 amide bonds. The maximum atomic E-state index is 5.76. The van der Waals surface area contributed by atoms with Crippen molar-refractivity contribution in [1.29, 1.82) is 0 Å². The zero-order chi connectivity index (χ0) is 12.8. The van der Waals surface area contributed by atoms with Crippen LogP contribution in [0.3, 0.4) is 0 Å². The Morgan fingerprint density at radius 2 is 2.12 bits per heavy atom. The molecular formula is C13H22N2O2. The van der Waals surface area contributed by atoms with E-state index in [0.717, 1.165) is 18.5 Å². The second kappa shape index (κ2) is 6.33. The van der Waals surface area contributed by atoms with E-state index >= 15 is 0 Å². The van der Waals surface area contributed by atoms with E-state index in [9.17, 15) is 0 Å². The van der Waals surface area contributed by atoms with Crippen LogP contribution < -0.4 is 15.2 Å². The Morgan fingerprint density at radius 3 is 2.71 bits per heavy atom. The van der Waals surface area contributed by atoms with Crippen LogP contribution in [-0.2, 0) is 0 Å². The second-order valence-electron chi connectivity index (χ2n) is 4.55. The average Bonchev–Trinajstić information content (AvgIpc) is 2.28. The number of hydrogen-bond donors (Lipinski definition) is 1. The maximum Gasteiger partial charge on any atom is 0.257 e. The molecule has 1 rings (SSSR count). The highest BCUT2D eigenvalue weighted by atomic mass is 16.5. The monoisotopic (exact) mass is 238 g/mol. The number of rotatable bonds is 6. The summed E-state index contributed by atoms with van der Waals surface area (Å²) >= 11 is 0. The number of methoxy groups -OCH3 is 1. The van der Waals surface area contributed by atoms with Gasteiger partial charge in [0.1, 0.15) is 0 Å². The zero-order valence-corrected chi connectivity index (χ0v) is 11.1. The number of ether oxygens (including phenoxy) is 2. The molecule has 0 unspecified atom stereocenters. The van der Waals surface area contributed by atoms with Gasteiger partial charge in [0.25, 0.3) is 5.88 Å². The topological polar surface area (TPSA) is 57.4 Å². The van der Waals surface area contributed by atoms with Crippen molar-refractivity contribution in [1.82, 2.24) is 4.98 Å². The minimum absolute atomic E-state index is 0.531. The van der Waals surface area contributed by atoms with Gasteiger partial charge in [-0.15, -0.1) is 0 Å². The van der Waals surface area contributed by atoms with Gasteiger partial charge in [0, 0.05) is 6.07 Å². The van der Waals surface area contributed by atoms with Crippen LogP contribution in [0.5, 0.6) is 11.6 Å². The number of aromatic nitrogens is 1. The third-order valence-electron chi connectivity index (χ3n) is 2.57. The summed E-state index contributed by atoms with van der Waals surface area (Å²) in [4.78, 5) is 4.29. The zero-order valence-electron chi connectivity index (χ0n) is 11.1. The van der Waals surface area contributed by atoms with Crippen molar-refractivity contribution in [2.45, 2.75) is 33.6 Å². The lowest BCUT2D eigenvalue weighted by atomic mass is 10.1. The van der Waals surface area contributed by atoms with Crippen LogP contribution in [0.4, 0.5) is 5.69 Å². The standard InChI is InChI=1S/C13H22N2O2/c1-9(2)6-5-7-17-13-12(16-4)8-11(14)10(3)15-13/h8-9H,5-7,14H2,1-4H3. The molecule has 96 valence electrons. The fraction of sp³-hybridized carbons (Fsp3) is 0.615. The first kappa shape index (κ1) is 13.6. The van der Waals surface area contributed by atoms with Crippen molar-refractivity contribution in [2.24, 2.45) is 5.92 Å². The molecule has 17 heavy (non-hydrogen) atoms. The number of nitrogen functional groups attached to an aromatic ring is 1. The minimum atomic E-state index is 0.531. The molecule has 0 radical (unpaired) electrons. The SMILES string of the molecule is COc1cc(N)c(C)nc1OCCCC(C)C. The van der Waals surface area contributed by atoms with Crippen LogP contribution in [-0.4, -0.2) is 18.7 Å². The highest BCUT2D eigenvalue weighted by Gasteiger charge is 2.09. The Kier molecular flexibility index (Phi) is 5.07. The highest BCUT2D eigenvalue weighted by Crippen LogP contribution is 2.28. The minimum Gasteiger partial charge on any atom is -0.491 e. The van der Waals surface area contributed by atoms with Crippen molar-refractivity contribution in [3.63, 3.8) is 0 Å². The lowest BCUT2D eigenvalue weighted by Crippen LogP contribution is -2.05. The van der Waals surface area contributed by atoms with E-state index in [2.05, 4.69) is 18.8 Å². The Hall–Kier alpha value is -1.45. The molecule has 2 N–H and O–H groups in total. The van der Waals surface area contributed by atoms with Crippen LogP contribution in [0.15, 0.2) is 6.07 Å². The number of hydrogen-bond acceptors (Lipinski definition) is 4. The molecular weight excluding hydrogens is 216 g/mol. The Balaban J connectivity index is 2.60. The fourth-order valence-corrected chi connectivity index (χ4v) is 1.49. The van der Waals surface area contributed by atoms with E-state index in [1.54, 1.807) is 13.2 Å². The van der Waals surface area contributed by atoms with Crippen LogP contribution in [0.2, 0.25) is 0 Å². The number of nitrogens with two attached hydrogens (primary N) is 1. The fourth-order valence-electron chi connectivity index (χ4n) is 1.49. The van der Waals surface area contributed by atoms with Crippen LogP contribution >= 0.6 is 0 Å². The van der Waals surface area contributed by atoms with Gasteiger partial charge in [-0.25, -0.2) is 4.98 Å². The van der Waals surface area contributed by atoms with Crippen LogP contribution in [0.1, 0.15) is 32.4 Å². The molecule has 0 saturated carbocycles. The van der Waals surface area contributed by atoms with Gasteiger partial charge >= 0.3 is 0 Å². The first-order chi connectivity index (χ1) is 8.04. The molecule has 0 aliphatic heterocycles. The summed E-state index contributed by atoms with van der Waals surface area (Å²) in [6.45, 7) is 6.92. The van der Waals surface area contributed by atoms with Gasteiger partial charge in [0.15, 0.2) is 5.75 Å². The Labute approximate surface area is 103 Å². The van der Waals surface area contributed by atoms with Gasteiger partial charge in [-0.1, -0.05) is 13.8 Å². The molecule has 0 aromatic carbocycles. The third-order valence-corrected chi connectivity index (χ3v) is 2.57. The van der Waals surface area contributed by atoms with Crippen molar-refractivity contribution in [3.8, 4) is 11.6 Å². The van der Waals surface area contributed by atoms with Gasteiger partial charge in [-0.3, -0.25) is 0 Å². The summed E-state index contributed by atoms with van der Waals surface area (Å²) in [6.07, 6.45) is 2.17. The van der Waals surface area contributed by atoms with E-state index in [0.29, 0.717) is 29.8 Å². The summed E-state index contributed by atoms with van der Waals surface area (Å²) < 4.78 is 10.8. The number of anilines is 1. The molecule has 4 nitrogen and oxygen atoms in total. The molecule has 0 bridgehead atoms. The van der Waals surface area contributed by atoms with E-state index in [1.165, 1.54) is 0 Å². The normalized spacial score (nSPS) is 10.6. The first-order valence-electron chi connectivity index (χ1n) is 5.98.